The van der Waals surface area contributed by atoms with Crippen LogP contribution >= 0.6 is 0 Å². The van der Waals surface area contributed by atoms with Gasteiger partial charge in [0.05, 0.1) is 32.8 Å². The number of rotatable bonds is 12. The molecule has 4 atom stereocenters. The topological polar surface area (TPSA) is 135 Å². The van der Waals surface area contributed by atoms with Gasteiger partial charge in [-0.2, -0.15) is 0 Å². The first kappa shape index (κ1) is 30.1. The Hall–Kier alpha value is -3.89. The van der Waals surface area contributed by atoms with Gasteiger partial charge < -0.3 is 34.6 Å². The van der Waals surface area contributed by atoms with Crippen LogP contribution in [0.5, 0.6) is 17.2 Å². The van der Waals surface area contributed by atoms with Gasteiger partial charge in [0, 0.05) is 36.2 Å². The lowest BCUT2D eigenvalue weighted by atomic mass is 9.77. The number of carbonyl (C=O) groups excluding carboxylic acids is 3. The maximum Gasteiger partial charge on any atom is 0.247 e. The summed E-state index contributed by atoms with van der Waals surface area (Å²) in [5.74, 6) is 0.0872. The van der Waals surface area contributed by atoms with E-state index in [1.807, 2.05) is 38.1 Å². The van der Waals surface area contributed by atoms with Crippen LogP contribution in [0.3, 0.4) is 0 Å². The van der Waals surface area contributed by atoms with Crippen molar-refractivity contribution in [3.8, 4) is 17.2 Å². The number of nitrogens with zero attached hydrogens (tertiary/aromatic N) is 1. The van der Waals surface area contributed by atoms with Gasteiger partial charge in [0.2, 0.25) is 11.8 Å². The summed E-state index contributed by atoms with van der Waals surface area (Å²) in [5.41, 5.74) is 2.11. The van der Waals surface area contributed by atoms with Crippen molar-refractivity contribution in [2.75, 3.05) is 33.9 Å². The molecule has 220 valence electrons. The summed E-state index contributed by atoms with van der Waals surface area (Å²) in [6.07, 6.45) is 0.950. The van der Waals surface area contributed by atoms with Gasteiger partial charge in [-0.1, -0.05) is 26.0 Å². The number of hydrogen-bond acceptors (Lipinski definition) is 8. The van der Waals surface area contributed by atoms with E-state index in [1.165, 1.54) is 13.2 Å². The van der Waals surface area contributed by atoms with Crippen molar-refractivity contribution in [1.29, 1.82) is 0 Å². The Morgan fingerprint density at radius 1 is 1.17 bits per heavy atom. The van der Waals surface area contributed by atoms with Gasteiger partial charge in [-0.15, -0.1) is 0 Å². The highest BCUT2D eigenvalue weighted by Crippen LogP contribution is 2.51. The van der Waals surface area contributed by atoms with E-state index in [0.717, 1.165) is 5.56 Å². The molecular weight excluding hydrogens is 528 g/mol. The number of fused-ring (bicyclic) bond motifs is 3. The van der Waals surface area contributed by atoms with Crippen LogP contribution in [-0.2, 0) is 16.0 Å². The molecule has 0 radical (unpaired) electrons. The molecule has 0 fully saturated rings. The zero-order valence-corrected chi connectivity index (χ0v) is 23.8. The molecule has 41 heavy (non-hydrogen) atoms. The van der Waals surface area contributed by atoms with E-state index < -0.39 is 30.1 Å². The van der Waals surface area contributed by atoms with Crippen LogP contribution in [0.25, 0.3) is 0 Å². The van der Waals surface area contributed by atoms with E-state index in [-0.39, 0.29) is 43.5 Å². The van der Waals surface area contributed by atoms with Gasteiger partial charge in [0.25, 0.3) is 0 Å². The Morgan fingerprint density at radius 3 is 2.61 bits per heavy atom. The zero-order chi connectivity index (χ0) is 29.7. The van der Waals surface area contributed by atoms with Gasteiger partial charge in [-0.3, -0.25) is 14.4 Å². The Kier molecular flexibility index (Phi) is 9.67. The highest BCUT2D eigenvalue weighted by Gasteiger charge is 2.51. The summed E-state index contributed by atoms with van der Waals surface area (Å²) < 4.78 is 17.1. The molecule has 3 N–H and O–H groups in total. The number of nitrogens with one attached hydrogen (secondary N) is 1. The van der Waals surface area contributed by atoms with Crippen molar-refractivity contribution in [3.63, 3.8) is 0 Å². The molecule has 2 aromatic rings. The summed E-state index contributed by atoms with van der Waals surface area (Å²) >= 11 is 0. The second-order valence-electron chi connectivity index (χ2n) is 10.7. The number of benzene rings is 2. The van der Waals surface area contributed by atoms with Crippen molar-refractivity contribution >= 4 is 18.1 Å². The summed E-state index contributed by atoms with van der Waals surface area (Å²) in [4.78, 5) is 40.3. The Labute approximate surface area is 239 Å². The first-order chi connectivity index (χ1) is 19.7. The molecule has 10 heteroatoms. The molecule has 2 amide bonds. The number of carbonyl (C=O) groups is 3. The number of amides is 2. The molecule has 0 saturated heterocycles. The Morgan fingerprint density at radius 2 is 1.95 bits per heavy atom. The second kappa shape index (κ2) is 13.2. The third kappa shape index (κ3) is 6.39. The maximum atomic E-state index is 13.6. The van der Waals surface area contributed by atoms with Crippen LogP contribution in [0.15, 0.2) is 48.0 Å². The molecule has 0 saturated carbocycles. The number of ether oxygens (including phenoxy) is 3. The minimum absolute atomic E-state index is 0.0258. The minimum Gasteiger partial charge on any atom is -0.497 e. The number of aliphatic hydroxyl groups excluding tert-OH is 2. The number of hydrogen-bond donors (Lipinski definition) is 3. The van der Waals surface area contributed by atoms with Crippen molar-refractivity contribution in [2.45, 2.75) is 50.9 Å². The van der Waals surface area contributed by atoms with Crippen LogP contribution in [0, 0.1) is 5.92 Å². The molecule has 1 aliphatic carbocycles. The van der Waals surface area contributed by atoms with Crippen LogP contribution in [-0.4, -0.2) is 85.4 Å². The molecule has 1 heterocycles. The predicted molar refractivity (Wildman–Crippen MR) is 151 cm³/mol. The third-order valence-electron chi connectivity index (χ3n) is 7.45. The van der Waals surface area contributed by atoms with Crippen molar-refractivity contribution in [2.24, 2.45) is 5.92 Å². The SMILES string of the molecule is COc1cccc(CCN(C(=O)CC(C)C)C2C=C(C(=O)NCCO)C3c4cc(C=O)cc(OC)c4OC3C2O)c1. The molecule has 2 aromatic carbocycles. The quantitative estimate of drug-likeness (QED) is 0.333. The molecule has 10 nitrogen and oxygen atoms in total. The van der Waals surface area contributed by atoms with Crippen molar-refractivity contribution in [1.82, 2.24) is 10.2 Å². The predicted octanol–water partition coefficient (Wildman–Crippen LogP) is 2.26. The average molecular weight is 567 g/mol. The third-order valence-corrected chi connectivity index (χ3v) is 7.45. The summed E-state index contributed by atoms with van der Waals surface area (Å²) in [6, 6.07) is 9.86. The molecular formula is C31H38N2O8. The monoisotopic (exact) mass is 566 g/mol. The lowest BCUT2D eigenvalue weighted by molar-refractivity contribution is -0.137. The van der Waals surface area contributed by atoms with E-state index in [1.54, 1.807) is 24.2 Å². The largest absolute Gasteiger partial charge is 0.497 e. The van der Waals surface area contributed by atoms with Gasteiger partial charge in [0.15, 0.2) is 11.5 Å². The standard InChI is InChI=1S/C31H38N2O8/c1-18(2)12-26(36)33(10-8-19-6-5-7-21(13-19)39-3)24-16-23(31(38)32-9-11-34)27-22-14-20(17-35)15-25(40-4)29(22)41-30(27)28(24)37/h5-7,13-18,24,27-28,30,34,37H,8-12H2,1-4H3,(H,32,38). The van der Waals surface area contributed by atoms with Crippen LogP contribution in [0.4, 0.5) is 0 Å². The summed E-state index contributed by atoms with van der Waals surface area (Å²) in [5, 5.41) is 23.8. The normalized spacial score (nSPS) is 20.8. The lowest BCUT2D eigenvalue weighted by Gasteiger charge is -2.41. The van der Waals surface area contributed by atoms with Crippen LogP contribution < -0.4 is 19.5 Å². The van der Waals surface area contributed by atoms with E-state index in [9.17, 15) is 24.6 Å². The Balaban J connectivity index is 1.77. The smallest absolute Gasteiger partial charge is 0.247 e. The lowest BCUT2D eigenvalue weighted by Crippen LogP contribution is -2.56. The molecule has 0 aromatic heterocycles. The number of aldehydes is 1. The van der Waals surface area contributed by atoms with Gasteiger partial charge in [-0.25, -0.2) is 0 Å². The molecule has 0 spiro atoms. The molecule has 1 aliphatic heterocycles. The molecule has 0 bridgehead atoms. The van der Waals surface area contributed by atoms with Gasteiger partial charge in [-0.05, 0) is 48.2 Å². The fraction of sp³-hybridized carbons (Fsp3) is 0.452. The van der Waals surface area contributed by atoms with Crippen LogP contribution in [0.2, 0.25) is 0 Å². The van der Waals surface area contributed by atoms with E-state index in [0.29, 0.717) is 41.1 Å². The minimum atomic E-state index is -1.19. The average Bonchev–Trinajstić information content (AvgIpc) is 3.36. The first-order valence-corrected chi connectivity index (χ1v) is 13.8. The molecule has 4 unspecified atom stereocenters. The fourth-order valence-electron chi connectivity index (χ4n) is 5.54. The van der Waals surface area contributed by atoms with Crippen molar-refractivity contribution in [3.05, 3.63) is 64.7 Å². The summed E-state index contributed by atoms with van der Waals surface area (Å²) in [7, 11) is 3.04. The molecule has 4 rings (SSSR count). The van der Waals surface area contributed by atoms with Crippen molar-refractivity contribution < 1.29 is 38.8 Å². The van der Waals surface area contributed by atoms with E-state index in [4.69, 9.17) is 14.2 Å². The fourth-order valence-corrected chi connectivity index (χ4v) is 5.54. The van der Waals surface area contributed by atoms with E-state index >= 15 is 0 Å². The molecule has 2 aliphatic rings. The van der Waals surface area contributed by atoms with Crippen LogP contribution in [0.1, 0.15) is 47.7 Å². The van der Waals surface area contributed by atoms with E-state index in [2.05, 4.69) is 5.32 Å². The van der Waals surface area contributed by atoms with Gasteiger partial charge >= 0.3 is 0 Å². The summed E-state index contributed by atoms with van der Waals surface area (Å²) in [6.45, 7) is 3.95. The maximum absolute atomic E-state index is 13.6. The zero-order valence-electron chi connectivity index (χ0n) is 23.8. The number of aliphatic hydroxyl groups is 2. The first-order valence-electron chi connectivity index (χ1n) is 13.8. The Bertz CT molecular complexity index is 1310. The highest BCUT2D eigenvalue weighted by atomic mass is 16.5. The van der Waals surface area contributed by atoms with Gasteiger partial charge in [0.1, 0.15) is 24.2 Å². The number of methoxy groups -OCH3 is 2. The highest BCUT2D eigenvalue weighted by molar-refractivity contribution is 5.96. The second-order valence-corrected chi connectivity index (χ2v) is 10.7.